The highest BCUT2D eigenvalue weighted by Crippen LogP contribution is 2.16. The van der Waals surface area contributed by atoms with Crippen molar-refractivity contribution in [2.45, 2.75) is 71.3 Å². The average Bonchev–Trinajstić information content (AvgIpc) is 2.31. The zero-order valence-electron chi connectivity index (χ0n) is 11.0. The minimum atomic E-state index is -0.432. The van der Waals surface area contributed by atoms with E-state index < -0.39 is 6.10 Å². The molecule has 0 bridgehead atoms. The summed E-state index contributed by atoms with van der Waals surface area (Å²) in [6.07, 6.45) is 13.0. The van der Waals surface area contributed by atoms with Crippen LogP contribution in [0.2, 0.25) is 0 Å². The quantitative estimate of drug-likeness (QED) is 0.424. The van der Waals surface area contributed by atoms with Gasteiger partial charge in [-0.3, -0.25) is 0 Å². The molecule has 1 N–H and O–H groups in total. The molecule has 0 heterocycles. The van der Waals surface area contributed by atoms with Gasteiger partial charge in [-0.05, 0) is 31.3 Å². The Labute approximate surface area is 101 Å². The van der Waals surface area contributed by atoms with Gasteiger partial charge in [0.1, 0.15) is 0 Å². The second-order valence-corrected chi connectivity index (χ2v) is 4.41. The lowest BCUT2D eigenvalue weighted by Gasteiger charge is -2.11. The van der Waals surface area contributed by atoms with Gasteiger partial charge < -0.3 is 5.11 Å². The number of unbranched alkanes of at least 4 members (excludes halogenated alkanes) is 5. The van der Waals surface area contributed by atoms with E-state index in [-0.39, 0.29) is 0 Å². The molecule has 0 aromatic heterocycles. The van der Waals surface area contributed by atoms with Crippen molar-refractivity contribution >= 4 is 0 Å². The Morgan fingerprint density at radius 3 is 2.31 bits per heavy atom. The summed E-state index contributed by atoms with van der Waals surface area (Å²) in [6, 6.07) is 0. The third-order valence-corrected chi connectivity index (χ3v) is 2.89. The number of allylic oxidation sites excluding steroid dienone is 1. The topological polar surface area (TPSA) is 20.2 Å². The van der Waals surface area contributed by atoms with E-state index in [1.807, 2.05) is 0 Å². The fraction of sp³-hybridized carbons (Fsp3) is 0.733. The molecule has 0 spiro atoms. The normalized spacial score (nSPS) is 13.8. The summed E-state index contributed by atoms with van der Waals surface area (Å²) in [5, 5.41) is 9.79. The molecule has 0 aromatic rings. The lowest BCUT2D eigenvalue weighted by molar-refractivity contribution is 0.253. The zero-order valence-corrected chi connectivity index (χ0v) is 11.0. The van der Waals surface area contributed by atoms with Gasteiger partial charge in [-0.2, -0.15) is 0 Å². The molecule has 0 amide bonds. The van der Waals surface area contributed by atoms with Crippen molar-refractivity contribution in [3.63, 3.8) is 0 Å². The lowest BCUT2D eigenvalue weighted by Crippen LogP contribution is -2.06. The SMILES string of the molecule is C=CC(O)/C(=C/CCCCC)CCCCC. The van der Waals surface area contributed by atoms with Gasteiger partial charge in [0.15, 0.2) is 0 Å². The molecule has 94 valence electrons. The second-order valence-electron chi connectivity index (χ2n) is 4.41. The van der Waals surface area contributed by atoms with Gasteiger partial charge in [0.05, 0.1) is 6.10 Å². The predicted molar refractivity (Wildman–Crippen MR) is 72.6 cm³/mol. The molecule has 0 fully saturated rings. The molecule has 1 heteroatoms. The molecule has 1 atom stereocenters. The minimum absolute atomic E-state index is 0.432. The van der Waals surface area contributed by atoms with Gasteiger partial charge in [-0.25, -0.2) is 0 Å². The van der Waals surface area contributed by atoms with E-state index in [0.29, 0.717) is 0 Å². The lowest BCUT2D eigenvalue weighted by atomic mass is 10.00. The van der Waals surface area contributed by atoms with Gasteiger partial charge in [0, 0.05) is 0 Å². The molecule has 0 rings (SSSR count). The van der Waals surface area contributed by atoms with E-state index in [9.17, 15) is 5.11 Å². The first-order chi connectivity index (χ1) is 7.76. The fourth-order valence-electron chi connectivity index (χ4n) is 1.78. The van der Waals surface area contributed by atoms with Crippen LogP contribution >= 0.6 is 0 Å². The standard InChI is InChI=1S/C15H28O/c1-4-7-9-11-13-14(15(16)6-3)12-10-8-5-2/h6,13,15-16H,3-5,7-12H2,1-2H3/b14-13+. The molecule has 0 aliphatic carbocycles. The van der Waals surface area contributed by atoms with Crippen LogP contribution in [-0.4, -0.2) is 11.2 Å². The Hall–Kier alpha value is -0.560. The molecule has 1 unspecified atom stereocenters. The zero-order chi connectivity index (χ0) is 12.2. The average molecular weight is 224 g/mol. The number of hydrogen-bond donors (Lipinski definition) is 1. The Morgan fingerprint density at radius 1 is 1.12 bits per heavy atom. The van der Waals surface area contributed by atoms with Crippen LogP contribution < -0.4 is 0 Å². The van der Waals surface area contributed by atoms with E-state index in [1.165, 1.54) is 44.1 Å². The number of rotatable bonds is 10. The summed E-state index contributed by atoms with van der Waals surface area (Å²) >= 11 is 0. The summed E-state index contributed by atoms with van der Waals surface area (Å²) in [4.78, 5) is 0. The van der Waals surface area contributed by atoms with E-state index >= 15 is 0 Å². The highest BCUT2D eigenvalue weighted by Gasteiger charge is 2.05. The maximum atomic E-state index is 9.79. The summed E-state index contributed by atoms with van der Waals surface area (Å²) < 4.78 is 0. The third-order valence-electron chi connectivity index (χ3n) is 2.89. The van der Waals surface area contributed by atoms with Gasteiger partial charge in [-0.1, -0.05) is 51.7 Å². The van der Waals surface area contributed by atoms with Gasteiger partial charge in [0.2, 0.25) is 0 Å². The maximum absolute atomic E-state index is 9.79. The highest BCUT2D eigenvalue weighted by molar-refractivity contribution is 5.13. The summed E-state index contributed by atoms with van der Waals surface area (Å²) in [5.41, 5.74) is 1.17. The van der Waals surface area contributed by atoms with Gasteiger partial charge in [0.25, 0.3) is 0 Å². The minimum Gasteiger partial charge on any atom is -0.385 e. The monoisotopic (exact) mass is 224 g/mol. The molecule has 1 nitrogen and oxygen atoms in total. The van der Waals surface area contributed by atoms with Gasteiger partial charge >= 0.3 is 0 Å². The number of aliphatic hydroxyl groups is 1. The molecule has 0 aliphatic heterocycles. The molecular formula is C15H28O. The molecular weight excluding hydrogens is 196 g/mol. The summed E-state index contributed by atoms with van der Waals surface area (Å²) in [5.74, 6) is 0. The van der Waals surface area contributed by atoms with Crippen LogP contribution in [0.4, 0.5) is 0 Å². The molecule has 0 radical (unpaired) electrons. The summed E-state index contributed by atoms with van der Waals surface area (Å²) in [7, 11) is 0. The fourth-order valence-corrected chi connectivity index (χ4v) is 1.78. The van der Waals surface area contributed by atoms with Crippen molar-refractivity contribution < 1.29 is 5.11 Å². The largest absolute Gasteiger partial charge is 0.385 e. The second kappa shape index (κ2) is 10.9. The van der Waals surface area contributed by atoms with E-state index in [2.05, 4.69) is 26.5 Å². The number of hydrogen-bond acceptors (Lipinski definition) is 1. The first-order valence-corrected chi connectivity index (χ1v) is 6.75. The van der Waals surface area contributed by atoms with Crippen LogP contribution in [0.15, 0.2) is 24.3 Å². The third kappa shape index (κ3) is 7.70. The van der Waals surface area contributed by atoms with Crippen LogP contribution in [0.5, 0.6) is 0 Å². The molecule has 0 aromatic carbocycles. The van der Waals surface area contributed by atoms with Crippen molar-refractivity contribution in [2.24, 2.45) is 0 Å². The molecule has 0 saturated carbocycles. The Balaban J connectivity index is 4.02. The highest BCUT2D eigenvalue weighted by atomic mass is 16.3. The van der Waals surface area contributed by atoms with Gasteiger partial charge in [-0.15, -0.1) is 6.58 Å². The molecule has 0 saturated heterocycles. The summed E-state index contributed by atoms with van der Waals surface area (Å²) in [6.45, 7) is 8.08. The van der Waals surface area contributed by atoms with Crippen LogP contribution in [0, 0.1) is 0 Å². The maximum Gasteiger partial charge on any atom is 0.0929 e. The first-order valence-electron chi connectivity index (χ1n) is 6.75. The molecule has 0 aliphatic rings. The van der Waals surface area contributed by atoms with Crippen molar-refractivity contribution in [1.29, 1.82) is 0 Å². The van der Waals surface area contributed by atoms with Crippen LogP contribution in [0.1, 0.15) is 65.2 Å². The van der Waals surface area contributed by atoms with Crippen molar-refractivity contribution in [2.75, 3.05) is 0 Å². The van der Waals surface area contributed by atoms with Crippen molar-refractivity contribution in [3.05, 3.63) is 24.3 Å². The Morgan fingerprint density at radius 2 is 1.75 bits per heavy atom. The first kappa shape index (κ1) is 15.4. The molecule has 16 heavy (non-hydrogen) atoms. The van der Waals surface area contributed by atoms with E-state index in [0.717, 1.165) is 12.8 Å². The smallest absolute Gasteiger partial charge is 0.0929 e. The Kier molecular flexibility index (Phi) is 10.6. The number of aliphatic hydroxyl groups excluding tert-OH is 1. The van der Waals surface area contributed by atoms with Crippen molar-refractivity contribution in [3.8, 4) is 0 Å². The van der Waals surface area contributed by atoms with E-state index in [4.69, 9.17) is 0 Å². The van der Waals surface area contributed by atoms with Crippen molar-refractivity contribution in [1.82, 2.24) is 0 Å². The van der Waals surface area contributed by atoms with Crippen LogP contribution in [0.3, 0.4) is 0 Å². The van der Waals surface area contributed by atoms with Crippen LogP contribution in [0.25, 0.3) is 0 Å². The van der Waals surface area contributed by atoms with E-state index in [1.54, 1.807) is 6.08 Å². The predicted octanol–water partition coefficient (Wildman–Crippen LogP) is 4.62. The Bertz CT molecular complexity index is 194. The van der Waals surface area contributed by atoms with Crippen LogP contribution in [-0.2, 0) is 0 Å².